The standard InChI is InChI=1S/C22H24N2O9/c25-10-9-23(13-20(26)27)16-5-1-3-7-18(16)32-11-12-33-19-8-4-2-6-17(19)24(14-21(28)29)15-22(30)31/h1-8,10H,9,11-15H2,(H,26,27)(H,28,29)(H,30,31). The summed E-state index contributed by atoms with van der Waals surface area (Å²) in [6, 6.07) is 13.1. The molecule has 33 heavy (non-hydrogen) atoms. The minimum atomic E-state index is -1.19. The molecule has 0 bridgehead atoms. The third-order valence-corrected chi connectivity index (χ3v) is 4.28. The van der Waals surface area contributed by atoms with Gasteiger partial charge in [-0.25, -0.2) is 0 Å². The summed E-state index contributed by atoms with van der Waals surface area (Å²) in [5.74, 6) is -2.83. The van der Waals surface area contributed by atoms with Crippen LogP contribution in [0.5, 0.6) is 11.5 Å². The Kier molecular flexibility index (Phi) is 9.50. The maximum Gasteiger partial charge on any atom is 0.323 e. The molecule has 0 aromatic heterocycles. The van der Waals surface area contributed by atoms with Gasteiger partial charge in [-0.2, -0.15) is 0 Å². The number of hydrogen-bond acceptors (Lipinski definition) is 8. The number of rotatable bonds is 15. The summed E-state index contributed by atoms with van der Waals surface area (Å²) in [6.45, 7) is -1.47. The lowest BCUT2D eigenvalue weighted by molar-refractivity contribution is -0.137. The van der Waals surface area contributed by atoms with Crippen molar-refractivity contribution in [2.24, 2.45) is 0 Å². The Morgan fingerprint density at radius 1 is 0.697 bits per heavy atom. The highest BCUT2D eigenvalue weighted by atomic mass is 16.5. The fourth-order valence-electron chi connectivity index (χ4n) is 3.04. The fraction of sp³-hybridized carbons (Fsp3) is 0.273. The monoisotopic (exact) mass is 460 g/mol. The summed E-state index contributed by atoms with van der Waals surface area (Å²) in [4.78, 5) is 46.9. The number of carboxylic acid groups (broad SMARTS) is 3. The number of carboxylic acids is 3. The Morgan fingerprint density at radius 3 is 1.52 bits per heavy atom. The highest BCUT2D eigenvalue weighted by Gasteiger charge is 2.18. The summed E-state index contributed by atoms with van der Waals surface area (Å²) in [5.41, 5.74) is 0.739. The number of ether oxygens (including phenoxy) is 2. The highest BCUT2D eigenvalue weighted by molar-refractivity contribution is 5.81. The minimum Gasteiger partial charge on any atom is -0.488 e. The molecule has 0 saturated heterocycles. The van der Waals surface area contributed by atoms with Crippen LogP contribution in [-0.2, 0) is 19.2 Å². The van der Waals surface area contributed by atoms with E-state index >= 15 is 0 Å². The quantitative estimate of drug-likeness (QED) is 0.259. The number of aliphatic carboxylic acids is 3. The van der Waals surface area contributed by atoms with Crippen LogP contribution < -0.4 is 19.3 Å². The molecule has 0 unspecified atom stereocenters. The summed E-state index contributed by atoms with van der Waals surface area (Å²) in [6.07, 6.45) is 0.597. The normalized spacial score (nSPS) is 10.2. The van der Waals surface area contributed by atoms with Gasteiger partial charge in [0, 0.05) is 0 Å². The number of carbonyl (C=O) groups excluding carboxylic acids is 1. The molecule has 0 heterocycles. The van der Waals surface area contributed by atoms with Crippen LogP contribution in [0.1, 0.15) is 0 Å². The van der Waals surface area contributed by atoms with Gasteiger partial charge in [0.1, 0.15) is 50.6 Å². The third kappa shape index (κ3) is 8.05. The maximum atomic E-state index is 11.1. The molecule has 176 valence electrons. The number of carbonyl (C=O) groups is 4. The van der Waals surface area contributed by atoms with Gasteiger partial charge in [-0.3, -0.25) is 14.4 Å². The van der Waals surface area contributed by atoms with Crippen molar-refractivity contribution >= 4 is 35.6 Å². The SMILES string of the molecule is O=CCN(CC(=O)O)c1ccccc1OCCOc1ccccc1N(CC(=O)O)CC(=O)O. The Balaban J connectivity index is 2.08. The van der Waals surface area contributed by atoms with Crippen molar-refractivity contribution in [1.29, 1.82) is 0 Å². The van der Waals surface area contributed by atoms with Crippen LogP contribution in [0.15, 0.2) is 48.5 Å². The number of anilines is 2. The lowest BCUT2D eigenvalue weighted by Gasteiger charge is -2.24. The molecule has 0 fully saturated rings. The van der Waals surface area contributed by atoms with Gasteiger partial charge >= 0.3 is 17.9 Å². The second kappa shape index (κ2) is 12.5. The van der Waals surface area contributed by atoms with Crippen LogP contribution in [0, 0.1) is 0 Å². The van der Waals surface area contributed by atoms with Crippen molar-refractivity contribution in [2.75, 3.05) is 49.2 Å². The Labute approximate surface area is 189 Å². The largest absolute Gasteiger partial charge is 0.488 e. The summed E-state index contributed by atoms with van der Waals surface area (Å²) in [5, 5.41) is 27.3. The molecule has 0 atom stereocenters. The molecule has 11 nitrogen and oxygen atoms in total. The average molecular weight is 460 g/mol. The van der Waals surface area contributed by atoms with Crippen molar-refractivity contribution in [1.82, 2.24) is 0 Å². The number of nitrogens with zero attached hydrogens (tertiary/aromatic N) is 2. The molecular weight excluding hydrogens is 436 g/mol. The van der Waals surface area contributed by atoms with Crippen LogP contribution in [0.25, 0.3) is 0 Å². The lowest BCUT2D eigenvalue weighted by Crippen LogP contribution is -2.34. The van der Waals surface area contributed by atoms with E-state index in [-0.39, 0.29) is 32.1 Å². The second-order valence-corrected chi connectivity index (χ2v) is 6.72. The second-order valence-electron chi connectivity index (χ2n) is 6.72. The molecule has 0 spiro atoms. The van der Waals surface area contributed by atoms with Gasteiger partial charge in [0.25, 0.3) is 0 Å². The van der Waals surface area contributed by atoms with Gasteiger partial charge in [0.2, 0.25) is 0 Å². The first-order chi connectivity index (χ1) is 15.8. The van der Waals surface area contributed by atoms with Gasteiger partial charge in [-0.15, -0.1) is 0 Å². The van der Waals surface area contributed by atoms with E-state index in [0.29, 0.717) is 23.4 Å². The molecule has 2 aromatic carbocycles. The topological polar surface area (TPSA) is 154 Å². The summed E-state index contributed by atoms with van der Waals surface area (Å²) in [7, 11) is 0. The highest BCUT2D eigenvalue weighted by Crippen LogP contribution is 2.29. The van der Waals surface area contributed by atoms with Crippen LogP contribution >= 0.6 is 0 Å². The Morgan fingerprint density at radius 2 is 1.09 bits per heavy atom. The molecule has 11 heteroatoms. The van der Waals surface area contributed by atoms with E-state index in [1.165, 1.54) is 9.80 Å². The molecule has 2 rings (SSSR count). The summed E-state index contributed by atoms with van der Waals surface area (Å²) < 4.78 is 11.4. The molecule has 2 aromatic rings. The average Bonchev–Trinajstić information content (AvgIpc) is 2.75. The van der Waals surface area contributed by atoms with Gasteiger partial charge in [-0.05, 0) is 24.3 Å². The Hall–Kier alpha value is -4.28. The van der Waals surface area contributed by atoms with E-state index in [1.807, 2.05) is 0 Å². The van der Waals surface area contributed by atoms with E-state index in [0.717, 1.165) is 0 Å². The van der Waals surface area contributed by atoms with Crippen molar-refractivity contribution < 1.29 is 44.0 Å². The smallest absolute Gasteiger partial charge is 0.323 e. The molecule has 0 radical (unpaired) electrons. The van der Waals surface area contributed by atoms with Gasteiger partial charge in [0.15, 0.2) is 0 Å². The van der Waals surface area contributed by atoms with Crippen LogP contribution in [0.3, 0.4) is 0 Å². The van der Waals surface area contributed by atoms with E-state index < -0.39 is 31.0 Å². The molecule has 0 aliphatic carbocycles. The number of hydrogen-bond donors (Lipinski definition) is 3. The van der Waals surface area contributed by atoms with Crippen molar-refractivity contribution in [3.05, 3.63) is 48.5 Å². The molecule has 0 aliphatic heterocycles. The maximum absolute atomic E-state index is 11.1. The van der Waals surface area contributed by atoms with E-state index in [2.05, 4.69) is 0 Å². The van der Waals surface area contributed by atoms with Crippen molar-refractivity contribution in [3.8, 4) is 11.5 Å². The number of benzene rings is 2. The van der Waals surface area contributed by atoms with E-state index in [4.69, 9.17) is 24.8 Å². The first-order valence-corrected chi connectivity index (χ1v) is 9.84. The van der Waals surface area contributed by atoms with Crippen molar-refractivity contribution in [2.45, 2.75) is 0 Å². The first kappa shape index (κ1) is 25.0. The molecular formula is C22H24N2O9. The van der Waals surface area contributed by atoms with Gasteiger partial charge < -0.3 is 39.4 Å². The van der Waals surface area contributed by atoms with Crippen LogP contribution in [0.4, 0.5) is 11.4 Å². The lowest BCUT2D eigenvalue weighted by atomic mass is 10.2. The van der Waals surface area contributed by atoms with Gasteiger partial charge in [-0.1, -0.05) is 24.3 Å². The summed E-state index contributed by atoms with van der Waals surface area (Å²) >= 11 is 0. The third-order valence-electron chi connectivity index (χ3n) is 4.28. The zero-order valence-corrected chi connectivity index (χ0v) is 17.6. The fourth-order valence-corrected chi connectivity index (χ4v) is 3.04. The zero-order valence-electron chi connectivity index (χ0n) is 17.6. The Bertz CT molecular complexity index is 964. The zero-order chi connectivity index (χ0) is 24.2. The first-order valence-electron chi connectivity index (χ1n) is 9.84. The van der Waals surface area contributed by atoms with Crippen LogP contribution in [0.2, 0.25) is 0 Å². The minimum absolute atomic E-state index is 0.0337. The van der Waals surface area contributed by atoms with Crippen LogP contribution in [-0.4, -0.2) is 78.9 Å². The molecule has 0 aliphatic rings. The van der Waals surface area contributed by atoms with E-state index in [9.17, 15) is 19.2 Å². The number of aldehydes is 1. The molecule has 0 saturated carbocycles. The van der Waals surface area contributed by atoms with E-state index in [1.54, 1.807) is 48.5 Å². The molecule has 0 amide bonds. The molecule has 3 N–H and O–H groups in total. The van der Waals surface area contributed by atoms with Crippen molar-refractivity contribution in [3.63, 3.8) is 0 Å². The number of para-hydroxylation sites is 4. The predicted molar refractivity (Wildman–Crippen MR) is 117 cm³/mol. The van der Waals surface area contributed by atoms with Gasteiger partial charge in [0.05, 0.1) is 17.9 Å². The predicted octanol–water partition coefficient (Wildman–Crippen LogP) is 1.21.